The number of ether oxygens (including phenoxy) is 2. The van der Waals surface area contributed by atoms with E-state index in [9.17, 15) is 28.1 Å². The predicted molar refractivity (Wildman–Crippen MR) is 123 cm³/mol. The van der Waals surface area contributed by atoms with Gasteiger partial charge in [0.2, 0.25) is 5.91 Å². The van der Waals surface area contributed by atoms with Gasteiger partial charge in [-0.3, -0.25) is 19.7 Å². The molecule has 0 saturated carbocycles. The van der Waals surface area contributed by atoms with Crippen LogP contribution in [0.2, 0.25) is 0 Å². The molecule has 0 fully saturated rings. The first-order valence-corrected chi connectivity index (χ1v) is 12.5. The molecule has 180 valence electrons. The van der Waals surface area contributed by atoms with Gasteiger partial charge in [-0.1, -0.05) is 11.3 Å². The van der Waals surface area contributed by atoms with Gasteiger partial charge in [-0.05, 0) is 37.3 Å². The second kappa shape index (κ2) is 10.6. The Bertz CT molecular complexity index is 1410. The Morgan fingerprint density at radius 3 is 2.50 bits per heavy atom. The number of carbonyl (C=O) groups is 2. The van der Waals surface area contributed by atoms with E-state index in [-0.39, 0.29) is 35.0 Å². The molecule has 2 aromatic carbocycles. The molecular formula is C21H21N3O8S2. The number of aromatic nitrogens is 1. The van der Waals surface area contributed by atoms with Crippen LogP contribution in [0.25, 0.3) is 10.2 Å². The second-order valence-corrected chi connectivity index (χ2v) is 10.1. The maximum atomic E-state index is 12.6. The summed E-state index contributed by atoms with van der Waals surface area (Å²) in [6.45, 7) is 1.54. The van der Waals surface area contributed by atoms with Crippen LogP contribution >= 0.6 is 11.3 Å². The standard InChI is InChI=1S/C21H21N3O8S2/c1-3-32-20(26)13-23-17-9-4-14(24(27)28)12-18(17)33-21(23)22-19(25)10-11-34(29,30)16-7-5-15(31-2)6-8-16/h4-9,12H,3,10-11,13H2,1-2H3. The van der Waals surface area contributed by atoms with Crippen LogP contribution in [0.15, 0.2) is 52.4 Å². The summed E-state index contributed by atoms with van der Waals surface area (Å²) in [5.41, 5.74) is 0.307. The smallest absolute Gasteiger partial charge is 0.326 e. The van der Waals surface area contributed by atoms with E-state index in [1.165, 1.54) is 54.1 Å². The van der Waals surface area contributed by atoms with Gasteiger partial charge in [0, 0.05) is 18.6 Å². The minimum Gasteiger partial charge on any atom is -0.497 e. The third-order valence-electron chi connectivity index (χ3n) is 4.69. The number of methoxy groups -OCH3 is 1. The average Bonchev–Trinajstić information content (AvgIpc) is 3.13. The van der Waals surface area contributed by atoms with E-state index in [4.69, 9.17) is 9.47 Å². The zero-order valence-electron chi connectivity index (χ0n) is 18.3. The van der Waals surface area contributed by atoms with Crippen molar-refractivity contribution in [2.75, 3.05) is 19.5 Å². The molecule has 0 spiro atoms. The minimum atomic E-state index is -3.74. The van der Waals surface area contributed by atoms with Gasteiger partial charge in [-0.15, -0.1) is 0 Å². The van der Waals surface area contributed by atoms with Gasteiger partial charge < -0.3 is 14.0 Å². The molecule has 0 aliphatic carbocycles. The lowest BCUT2D eigenvalue weighted by atomic mass is 10.3. The van der Waals surface area contributed by atoms with Crippen LogP contribution in [-0.4, -0.2) is 49.3 Å². The highest BCUT2D eigenvalue weighted by Gasteiger charge is 2.18. The number of esters is 1. The van der Waals surface area contributed by atoms with E-state index in [1.807, 2.05) is 0 Å². The fourth-order valence-corrected chi connectivity index (χ4v) is 5.34. The quantitative estimate of drug-likeness (QED) is 0.244. The summed E-state index contributed by atoms with van der Waals surface area (Å²) in [6.07, 6.45) is -0.387. The minimum absolute atomic E-state index is 0.0487. The summed E-state index contributed by atoms with van der Waals surface area (Å²) in [6, 6.07) is 9.86. The van der Waals surface area contributed by atoms with E-state index in [0.717, 1.165) is 11.3 Å². The molecule has 3 rings (SSSR count). The number of nitro benzene ring substituents is 1. The molecule has 0 N–H and O–H groups in total. The number of hydrogen-bond donors (Lipinski definition) is 0. The number of hydrogen-bond acceptors (Lipinski definition) is 9. The van der Waals surface area contributed by atoms with E-state index in [2.05, 4.69) is 4.99 Å². The van der Waals surface area contributed by atoms with Crippen molar-refractivity contribution in [3.8, 4) is 5.75 Å². The predicted octanol–water partition coefficient (Wildman–Crippen LogP) is 2.47. The third kappa shape index (κ3) is 5.85. The summed E-state index contributed by atoms with van der Waals surface area (Å²) < 4.78 is 36.9. The van der Waals surface area contributed by atoms with Crippen molar-refractivity contribution in [3.05, 3.63) is 57.4 Å². The molecule has 0 aliphatic rings. The van der Waals surface area contributed by atoms with Gasteiger partial charge in [-0.25, -0.2) is 8.42 Å². The first-order valence-electron chi connectivity index (χ1n) is 10.0. The molecule has 0 unspecified atom stereocenters. The lowest BCUT2D eigenvalue weighted by molar-refractivity contribution is -0.384. The Labute approximate surface area is 198 Å². The average molecular weight is 508 g/mol. The van der Waals surface area contributed by atoms with E-state index >= 15 is 0 Å². The Morgan fingerprint density at radius 1 is 1.18 bits per heavy atom. The highest BCUT2D eigenvalue weighted by atomic mass is 32.2. The number of carbonyl (C=O) groups excluding carboxylic acids is 2. The van der Waals surface area contributed by atoms with Crippen molar-refractivity contribution in [2.45, 2.75) is 24.8 Å². The molecule has 0 radical (unpaired) electrons. The van der Waals surface area contributed by atoms with Gasteiger partial charge in [0.1, 0.15) is 12.3 Å². The number of benzene rings is 2. The largest absolute Gasteiger partial charge is 0.497 e. The molecule has 0 atom stereocenters. The Kier molecular flexibility index (Phi) is 7.79. The molecule has 13 heteroatoms. The van der Waals surface area contributed by atoms with Crippen LogP contribution in [0.1, 0.15) is 13.3 Å². The molecule has 1 amide bonds. The van der Waals surface area contributed by atoms with E-state index in [0.29, 0.717) is 16.0 Å². The second-order valence-electron chi connectivity index (χ2n) is 6.93. The lowest BCUT2D eigenvalue weighted by Gasteiger charge is -2.05. The molecule has 34 heavy (non-hydrogen) atoms. The monoisotopic (exact) mass is 507 g/mol. The molecule has 0 aliphatic heterocycles. The number of non-ortho nitro benzene ring substituents is 1. The molecular weight excluding hydrogens is 486 g/mol. The molecule has 3 aromatic rings. The first-order chi connectivity index (χ1) is 16.1. The van der Waals surface area contributed by atoms with E-state index in [1.54, 1.807) is 6.92 Å². The van der Waals surface area contributed by atoms with Gasteiger partial charge >= 0.3 is 5.97 Å². The first kappa shape index (κ1) is 25.1. The van der Waals surface area contributed by atoms with Crippen LogP contribution in [0.5, 0.6) is 5.75 Å². The van der Waals surface area contributed by atoms with Crippen molar-refractivity contribution >= 4 is 49.0 Å². The number of sulfone groups is 1. The Morgan fingerprint density at radius 2 is 1.88 bits per heavy atom. The topological polar surface area (TPSA) is 147 Å². The number of amides is 1. The van der Waals surface area contributed by atoms with Gasteiger partial charge in [0.05, 0.1) is 39.5 Å². The summed E-state index contributed by atoms with van der Waals surface area (Å²) >= 11 is 0.978. The van der Waals surface area contributed by atoms with Crippen molar-refractivity contribution in [1.82, 2.24) is 4.57 Å². The number of thiazole rings is 1. The van der Waals surface area contributed by atoms with Crippen LogP contribution < -0.4 is 9.54 Å². The SMILES string of the molecule is CCOC(=O)Cn1c(=NC(=O)CCS(=O)(=O)c2ccc(OC)cc2)sc2cc([N+](=O)[O-])ccc21. The summed E-state index contributed by atoms with van der Waals surface area (Å²) in [5, 5.41) is 11.1. The summed E-state index contributed by atoms with van der Waals surface area (Å²) in [5.74, 6) is -1.25. The van der Waals surface area contributed by atoms with Crippen LogP contribution in [0.3, 0.4) is 0 Å². The summed E-state index contributed by atoms with van der Waals surface area (Å²) in [7, 11) is -2.28. The van der Waals surface area contributed by atoms with Crippen molar-refractivity contribution in [1.29, 1.82) is 0 Å². The molecule has 1 heterocycles. The molecule has 1 aromatic heterocycles. The molecule has 0 saturated heterocycles. The Hall–Kier alpha value is -3.58. The highest BCUT2D eigenvalue weighted by Crippen LogP contribution is 2.23. The van der Waals surface area contributed by atoms with Gasteiger partial charge in [0.25, 0.3) is 5.69 Å². The molecule has 11 nitrogen and oxygen atoms in total. The fourth-order valence-electron chi connectivity index (χ4n) is 3.03. The number of rotatable bonds is 9. The van der Waals surface area contributed by atoms with E-state index < -0.39 is 32.4 Å². The van der Waals surface area contributed by atoms with Crippen LogP contribution in [-0.2, 0) is 30.7 Å². The van der Waals surface area contributed by atoms with Crippen LogP contribution in [0, 0.1) is 10.1 Å². The number of nitrogens with zero attached hydrogens (tertiary/aromatic N) is 3. The zero-order valence-corrected chi connectivity index (χ0v) is 19.9. The Balaban J connectivity index is 1.90. The zero-order chi connectivity index (χ0) is 24.9. The maximum absolute atomic E-state index is 12.6. The van der Waals surface area contributed by atoms with Crippen molar-refractivity contribution in [3.63, 3.8) is 0 Å². The third-order valence-corrected chi connectivity index (χ3v) is 7.47. The lowest BCUT2D eigenvalue weighted by Crippen LogP contribution is -2.23. The normalized spacial score (nSPS) is 12.0. The maximum Gasteiger partial charge on any atom is 0.326 e. The highest BCUT2D eigenvalue weighted by molar-refractivity contribution is 7.91. The fraction of sp³-hybridized carbons (Fsp3) is 0.286. The number of nitro groups is 1. The van der Waals surface area contributed by atoms with Crippen molar-refractivity contribution < 1.29 is 32.4 Å². The van der Waals surface area contributed by atoms with Crippen LogP contribution in [0.4, 0.5) is 5.69 Å². The van der Waals surface area contributed by atoms with Gasteiger partial charge in [-0.2, -0.15) is 4.99 Å². The number of fused-ring (bicyclic) bond motifs is 1. The molecule has 0 bridgehead atoms. The van der Waals surface area contributed by atoms with Crippen molar-refractivity contribution in [2.24, 2.45) is 4.99 Å². The summed E-state index contributed by atoms with van der Waals surface area (Å²) in [4.78, 5) is 39.3. The van der Waals surface area contributed by atoms with Gasteiger partial charge in [0.15, 0.2) is 14.6 Å².